The number of nitrogens with two attached hydrogens (primary N) is 2. The molecule has 0 spiro atoms. The minimum absolute atomic E-state index is 0.0696. The van der Waals surface area contributed by atoms with Crippen molar-refractivity contribution >= 4 is 40.1 Å². The summed E-state index contributed by atoms with van der Waals surface area (Å²) in [7, 11) is 0. The smallest absolute Gasteiger partial charge is 0.341 e. The summed E-state index contributed by atoms with van der Waals surface area (Å²) in [6.07, 6.45) is 1.53. The zero-order chi connectivity index (χ0) is 22.5. The van der Waals surface area contributed by atoms with Gasteiger partial charge in [0.25, 0.3) is 5.69 Å². The molecule has 2 aromatic rings. The first-order valence-electron chi connectivity index (χ1n) is 9.45. The maximum Gasteiger partial charge on any atom is 0.341 e. The highest BCUT2D eigenvalue weighted by molar-refractivity contribution is 7.20. The van der Waals surface area contributed by atoms with E-state index >= 15 is 0 Å². The summed E-state index contributed by atoms with van der Waals surface area (Å²) in [5, 5.41) is 13.6. The molecule has 31 heavy (non-hydrogen) atoms. The van der Waals surface area contributed by atoms with E-state index in [4.69, 9.17) is 16.2 Å². The maximum absolute atomic E-state index is 12.9. The Bertz CT molecular complexity index is 1020. The number of anilines is 1. The lowest BCUT2D eigenvalue weighted by Crippen LogP contribution is -2.41. The van der Waals surface area contributed by atoms with Gasteiger partial charge < -0.3 is 21.1 Å². The largest absolute Gasteiger partial charge is 0.457 e. The zero-order valence-electron chi connectivity index (χ0n) is 16.4. The second kappa shape index (κ2) is 9.43. The zero-order valence-corrected chi connectivity index (χ0v) is 17.2. The van der Waals surface area contributed by atoms with Crippen molar-refractivity contribution in [3.8, 4) is 10.4 Å². The molecule has 4 amide bonds. The first kappa shape index (κ1) is 22.0. The van der Waals surface area contributed by atoms with E-state index in [9.17, 15) is 24.5 Å². The number of nitrogens with zero attached hydrogens (tertiary/aromatic N) is 2. The number of carbonyl (C=O) groups excluding carboxylic acids is 3. The van der Waals surface area contributed by atoms with E-state index in [1.54, 1.807) is 6.07 Å². The van der Waals surface area contributed by atoms with E-state index in [1.807, 2.05) is 0 Å². The van der Waals surface area contributed by atoms with Crippen LogP contribution in [0.1, 0.15) is 29.6 Å². The van der Waals surface area contributed by atoms with E-state index in [0.717, 1.165) is 24.2 Å². The molecular formula is C19H21N5O6S. The van der Waals surface area contributed by atoms with Gasteiger partial charge in [0, 0.05) is 23.6 Å². The van der Waals surface area contributed by atoms with Crippen molar-refractivity contribution < 1.29 is 24.0 Å². The molecule has 2 heterocycles. The number of ether oxygens (including phenoxy) is 1. The number of nitro benzene ring substituents is 1. The summed E-state index contributed by atoms with van der Waals surface area (Å²) in [6, 6.07) is 5.93. The van der Waals surface area contributed by atoms with Gasteiger partial charge in [0.2, 0.25) is 0 Å². The maximum atomic E-state index is 12.9. The minimum Gasteiger partial charge on any atom is -0.457 e. The summed E-state index contributed by atoms with van der Waals surface area (Å²) in [5.74, 6) is -0.701. The number of primary amides is 2. The topological polar surface area (TPSA) is 171 Å². The lowest BCUT2D eigenvalue weighted by Gasteiger charge is -2.22. The number of rotatable bonds is 5. The molecule has 164 valence electrons. The van der Waals surface area contributed by atoms with Crippen LogP contribution in [0.4, 0.5) is 20.3 Å². The van der Waals surface area contributed by atoms with Crippen LogP contribution >= 0.6 is 11.3 Å². The third-order valence-corrected chi connectivity index (χ3v) is 5.84. The summed E-state index contributed by atoms with van der Waals surface area (Å²) in [6.45, 7) is 0.675. The van der Waals surface area contributed by atoms with Gasteiger partial charge in [0.1, 0.15) is 11.1 Å². The molecule has 1 aromatic heterocycles. The Morgan fingerprint density at radius 2 is 2.00 bits per heavy atom. The van der Waals surface area contributed by atoms with Gasteiger partial charge in [-0.3, -0.25) is 15.4 Å². The number of non-ortho nitro benzene ring substituents is 1. The van der Waals surface area contributed by atoms with Crippen LogP contribution in [-0.4, -0.2) is 47.0 Å². The van der Waals surface area contributed by atoms with Crippen molar-refractivity contribution in [2.45, 2.75) is 25.4 Å². The van der Waals surface area contributed by atoms with Crippen molar-refractivity contribution in [2.24, 2.45) is 11.5 Å². The highest BCUT2D eigenvalue weighted by Crippen LogP contribution is 2.37. The fraction of sp³-hybridized carbons (Fsp3) is 0.316. The van der Waals surface area contributed by atoms with Gasteiger partial charge in [-0.25, -0.2) is 14.4 Å². The molecule has 11 nitrogen and oxygen atoms in total. The van der Waals surface area contributed by atoms with Gasteiger partial charge in [-0.1, -0.05) is 12.1 Å². The number of amides is 4. The van der Waals surface area contributed by atoms with Gasteiger partial charge in [-0.05, 0) is 30.9 Å². The molecule has 0 radical (unpaired) electrons. The van der Waals surface area contributed by atoms with E-state index in [1.165, 1.54) is 29.2 Å². The quantitative estimate of drug-likeness (QED) is 0.361. The third-order valence-electron chi connectivity index (χ3n) is 4.74. The van der Waals surface area contributed by atoms with Gasteiger partial charge >= 0.3 is 18.0 Å². The van der Waals surface area contributed by atoms with Crippen molar-refractivity contribution in [1.82, 2.24) is 4.90 Å². The molecule has 1 aliphatic rings. The van der Waals surface area contributed by atoms with E-state index in [0.29, 0.717) is 23.4 Å². The van der Waals surface area contributed by atoms with Gasteiger partial charge in [-0.15, -0.1) is 11.3 Å². The molecule has 5 N–H and O–H groups in total. The first-order valence-corrected chi connectivity index (χ1v) is 10.3. The fourth-order valence-electron chi connectivity index (χ4n) is 3.28. The Labute approximate surface area is 181 Å². The Balaban J connectivity index is 1.87. The van der Waals surface area contributed by atoms with E-state index in [2.05, 4.69) is 5.32 Å². The SMILES string of the molecule is NC(=O)Nc1sc(-c2cccc([N+](=O)[O-])c2)cc1C(=O)OC1CCCCN(C(N)=O)C1. The standard InChI is InChI=1S/C19H21N5O6S/c20-18(26)22-16-14(9-15(31-16)11-4-3-5-12(8-11)24(28)29)17(25)30-13-6-1-2-7-23(10-13)19(21)27/h3-5,8-9,13H,1-2,6-7,10H2,(H2,21,27)(H3,20,22,26). The van der Waals surface area contributed by atoms with Gasteiger partial charge in [0.15, 0.2) is 0 Å². The number of nitro groups is 1. The fourth-order valence-corrected chi connectivity index (χ4v) is 4.32. The van der Waals surface area contributed by atoms with Crippen LogP contribution in [-0.2, 0) is 4.74 Å². The lowest BCUT2D eigenvalue weighted by atomic mass is 10.1. The Kier molecular flexibility index (Phi) is 6.70. The van der Waals surface area contributed by atoms with Crippen LogP contribution in [0.5, 0.6) is 0 Å². The monoisotopic (exact) mass is 447 g/mol. The van der Waals surface area contributed by atoms with Crippen LogP contribution in [0.25, 0.3) is 10.4 Å². The number of hydrogen-bond donors (Lipinski definition) is 3. The minimum atomic E-state index is -0.865. The summed E-state index contributed by atoms with van der Waals surface area (Å²) >= 11 is 1.04. The number of likely N-dealkylation sites (tertiary alicyclic amines) is 1. The van der Waals surface area contributed by atoms with Crippen molar-refractivity contribution in [3.05, 3.63) is 46.0 Å². The van der Waals surface area contributed by atoms with E-state index in [-0.39, 0.29) is 22.8 Å². The molecule has 0 aliphatic carbocycles. The molecule has 1 aliphatic heterocycles. The highest BCUT2D eigenvalue weighted by atomic mass is 32.1. The number of benzene rings is 1. The van der Waals surface area contributed by atoms with Crippen LogP contribution in [0.15, 0.2) is 30.3 Å². The number of carbonyl (C=O) groups is 3. The summed E-state index contributed by atoms with van der Waals surface area (Å²) < 4.78 is 5.59. The van der Waals surface area contributed by atoms with Crippen molar-refractivity contribution in [3.63, 3.8) is 0 Å². The Hall–Kier alpha value is -3.67. The first-order chi connectivity index (χ1) is 14.7. The molecule has 1 unspecified atom stereocenters. The van der Waals surface area contributed by atoms with Crippen LogP contribution in [0.2, 0.25) is 0 Å². The van der Waals surface area contributed by atoms with Crippen LogP contribution in [0, 0.1) is 10.1 Å². The molecule has 1 aromatic carbocycles. The normalized spacial score (nSPS) is 16.3. The second-order valence-corrected chi connectivity index (χ2v) is 8.01. The molecular weight excluding hydrogens is 426 g/mol. The number of esters is 1. The summed E-state index contributed by atoms with van der Waals surface area (Å²) in [5.41, 5.74) is 11.0. The molecule has 0 bridgehead atoms. The number of thiophene rings is 1. The number of urea groups is 2. The average Bonchev–Trinajstić information content (AvgIpc) is 2.98. The Morgan fingerprint density at radius 1 is 1.23 bits per heavy atom. The number of nitrogens with one attached hydrogen (secondary N) is 1. The molecule has 1 fully saturated rings. The average molecular weight is 447 g/mol. The molecule has 1 atom stereocenters. The van der Waals surface area contributed by atoms with E-state index < -0.39 is 29.1 Å². The number of hydrogen-bond acceptors (Lipinski definition) is 7. The van der Waals surface area contributed by atoms with Crippen molar-refractivity contribution in [2.75, 3.05) is 18.4 Å². The lowest BCUT2D eigenvalue weighted by molar-refractivity contribution is -0.384. The Morgan fingerprint density at radius 3 is 2.68 bits per heavy atom. The predicted octanol–water partition coefficient (Wildman–Crippen LogP) is 2.90. The van der Waals surface area contributed by atoms with Gasteiger partial charge in [-0.2, -0.15) is 0 Å². The molecule has 12 heteroatoms. The predicted molar refractivity (Wildman–Crippen MR) is 114 cm³/mol. The third kappa shape index (κ3) is 5.48. The molecule has 0 saturated carbocycles. The van der Waals surface area contributed by atoms with Crippen LogP contribution in [0.3, 0.4) is 0 Å². The van der Waals surface area contributed by atoms with Crippen molar-refractivity contribution in [1.29, 1.82) is 0 Å². The van der Waals surface area contributed by atoms with Gasteiger partial charge in [0.05, 0.1) is 17.0 Å². The molecule has 1 saturated heterocycles. The molecule has 3 rings (SSSR count). The van der Waals surface area contributed by atoms with Crippen LogP contribution < -0.4 is 16.8 Å². The summed E-state index contributed by atoms with van der Waals surface area (Å²) in [4.78, 5) is 48.3. The second-order valence-electron chi connectivity index (χ2n) is 6.96. The highest BCUT2D eigenvalue weighted by Gasteiger charge is 2.26.